The lowest BCUT2D eigenvalue weighted by Gasteiger charge is -2.04. The van der Waals surface area contributed by atoms with Gasteiger partial charge in [-0.3, -0.25) is 4.79 Å². The lowest BCUT2D eigenvalue weighted by Crippen LogP contribution is -1.96. The Bertz CT molecular complexity index is 899. The Kier molecular flexibility index (Phi) is 4.16. The van der Waals surface area contributed by atoms with E-state index in [1.807, 2.05) is 6.07 Å². The number of ketones is 1. The molecule has 0 saturated heterocycles. The maximum atomic E-state index is 11.2. The lowest BCUT2D eigenvalue weighted by molar-refractivity contribution is -0.116. The molecule has 0 saturated carbocycles. The Morgan fingerprint density at radius 3 is 2.57 bits per heavy atom. The molecule has 23 heavy (non-hydrogen) atoms. The van der Waals surface area contributed by atoms with Gasteiger partial charge in [-0.05, 0) is 42.2 Å². The number of hydrogen-bond donors (Lipinski definition) is 0. The van der Waals surface area contributed by atoms with Crippen molar-refractivity contribution in [1.29, 1.82) is 0 Å². The van der Waals surface area contributed by atoms with Crippen molar-refractivity contribution < 1.29 is 4.79 Å². The molecule has 0 aliphatic heterocycles. The Labute approximate surface area is 137 Å². The van der Waals surface area contributed by atoms with Crippen molar-refractivity contribution in [2.75, 3.05) is 0 Å². The van der Waals surface area contributed by atoms with Crippen LogP contribution in [0, 0.1) is 6.92 Å². The molecule has 0 N–H and O–H groups in total. The maximum absolute atomic E-state index is 11.2. The van der Waals surface area contributed by atoms with Gasteiger partial charge in [-0.2, -0.15) is 0 Å². The number of para-hydroxylation sites is 1. The lowest BCUT2D eigenvalue weighted by atomic mass is 10.0. The number of carbonyl (C=O) groups excluding carboxylic acids is 1. The van der Waals surface area contributed by atoms with Crippen molar-refractivity contribution in [3.8, 4) is 0 Å². The highest BCUT2D eigenvalue weighted by Crippen LogP contribution is 2.23. The van der Waals surface area contributed by atoms with Gasteiger partial charge in [-0.15, -0.1) is 0 Å². The molecule has 3 aromatic rings. The molecule has 2 aromatic carbocycles. The minimum Gasteiger partial charge on any atom is -0.350 e. The van der Waals surface area contributed by atoms with Crippen LogP contribution in [0.25, 0.3) is 23.1 Å². The quantitative estimate of drug-likeness (QED) is 0.679. The molecule has 0 unspecified atom stereocenters. The summed E-state index contributed by atoms with van der Waals surface area (Å²) < 4.78 is 2.15. The predicted molar refractivity (Wildman–Crippen MR) is 97.4 cm³/mol. The Balaban J connectivity index is 1.91. The summed E-state index contributed by atoms with van der Waals surface area (Å²) >= 11 is 0. The van der Waals surface area contributed by atoms with Crippen molar-refractivity contribution >= 4 is 28.8 Å². The zero-order valence-electron chi connectivity index (χ0n) is 13.8. The first-order chi connectivity index (χ1) is 11.0. The smallest absolute Gasteiger partial charge is 0.134 e. The summed E-state index contributed by atoms with van der Waals surface area (Å²) in [4.78, 5) is 11.2. The minimum absolute atomic E-state index is 0.198. The van der Waals surface area contributed by atoms with Crippen LogP contribution in [-0.2, 0) is 18.3 Å². The van der Waals surface area contributed by atoms with Gasteiger partial charge in [-0.25, -0.2) is 0 Å². The van der Waals surface area contributed by atoms with E-state index in [1.54, 1.807) is 6.92 Å². The molecule has 2 heteroatoms. The van der Waals surface area contributed by atoms with E-state index in [-0.39, 0.29) is 5.78 Å². The van der Waals surface area contributed by atoms with Crippen LogP contribution in [0.5, 0.6) is 0 Å². The number of aromatic nitrogens is 1. The number of aryl methyl sites for hydroxylation is 2. The number of carbonyl (C=O) groups is 1. The first-order valence-corrected chi connectivity index (χ1v) is 7.85. The van der Waals surface area contributed by atoms with Crippen molar-refractivity contribution in [2.24, 2.45) is 7.05 Å². The summed E-state index contributed by atoms with van der Waals surface area (Å²) in [6.45, 7) is 3.72. The van der Waals surface area contributed by atoms with Crippen LogP contribution in [-0.4, -0.2) is 10.4 Å². The molecule has 0 bridgehead atoms. The van der Waals surface area contributed by atoms with E-state index in [1.165, 1.54) is 27.6 Å². The molecule has 1 heterocycles. The van der Waals surface area contributed by atoms with Gasteiger partial charge in [0.05, 0.1) is 0 Å². The Morgan fingerprint density at radius 2 is 1.83 bits per heavy atom. The second kappa shape index (κ2) is 6.25. The number of nitrogens with zero attached hydrogens (tertiary/aromatic N) is 1. The van der Waals surface area contributed by atoms with Crippen molar-refractivity contribution in [3.05, 3.63) is 70.9 Å². The molecular weight excluding hydrogens is 282 g/mol. The molecule has 0 spiro atoms. The summed E-state index contributed by atoms with van der Waals surface area (Å²) in [6, 6.07) is 14.7. The fourth-order valence-corrected chi connectivity index (χ4v) is 3.01. The van der Waals surface area contributed by atoms with Crippen LogP contribution in [0.3, 0.4) is 0 Å². The molecular formula is C21H21NO. The minimum atomic E-state index is 0.198. The first-order valence-electron chi connectivity index (χ1n) is 7.85. The molecule has 2 nitrogen and oxygen atoms in total. The molecule has 0 aliphatic rings. The molecule has 0 aliphatic carbocycles. The molecule has 0 amide bonds. The van der Waals surface area contributed by atoms with E-state index in [0.29, 0.717) is 6.42 Å². The number of rotatable bonds is 4. The SMILES string of the molecule is CC(=O)Cc1ccc(/C=C/c2cn(C)c3ccccc23)c(C)c1. The topological polar surface area (TPSA) is 22.0 Å². The highest BCUT2D eigenvalue weighted by Gasteiger charge is 2.04. The summed E-state index contributed by atoms with van der Waals surface area (Å²) in [5.41, 5.74) is 5.92. The molecule has 0 atom stereocenters. The summed E-state index contributed by atoms with van der Waals surface area (Å²) in [5, 5.41) is 1.26. The fourth-order valence-electron chi connectivity index (χ4n) is 3.01. The zero-order chi connectivity index (χ0) is 16.4. The number of hydrogen-bond acceptors (Lipinski definition) is 1. The molecule has 3 rings (SSSR count). The molecule has 116 valence electrons. The van der Waals surface area contributed by atoms with E-state index in [2.05, 4.69) is 73.3 Å². The third-order valence-electron chi connectivity index (χ3n) is 4.16. The third-order valence-corrected chi connectivity index (χ3v) is 4.16. The van der Waals surface area contributed by atoms with Crippen molar-refractivity contribution in [3.63, 3.8) is 0 Å². The van der Waals surface area contributed by atoms with E-state index >= 15 is 0 Å². The Hall–Kier alpha value is -2.61. The monoisotopic (exact) mass is 303 g/mol. The van der Waals surface area contributed by atoms with Gasteiger partial charge in [0, 0.05) is 30.6 Å². The summed E-state index contributed by atoms with van der Waals surface area (Å²) in [5.74, 6) is 0.198. The van der Waals surface area contributed by atoms with Gasteiger partial charge < -0.3 is 4.57 Å². The average Bonchev–Trinajstić information content (AvgIpc) is 2.83. The van der Waals surface area contributed by atoms with Crippen LogP contribution < -0.4 is 0 Å². The molecule has 1 aromatic heterocycles. The largest absolute Gasteiger partial charge is 0.350 e. The highest BCUT2D eigenvalue weighted by atomic mass is 16.1. The van der Waals surface area contributed by atoms with Gasteiger partial charge in [0.15, 0.2) is 0 Å². The highest BCUT2D eigenvalue weighted by molar-refractivity contribution is 5.92. The fraction of sp³-hybridized carbons (Fsp3) is 0.190. The van der Waals surface area contributed by atoms with Crippen LogP contribution in [0.2, 0.25) is 0 Å². The number of Topliss-reactive ketones (excluding diaryl/α,β-unsaturated/α-hetero) is 1. The number of fused-ring (bicyclic) bond motifs is 1. The van der Waals surface area contributed by atoms with E-state index in [0.717, 1.165) is 5.56 Å². The van der Waals surface area contributed by atoms with E-state index < -0.39 is 0 Å². The number of benzene rings is 2. The summed E-state index contributed by atoms with van der Waals surface area (Å²) in [7, 11) is 2.07. The average molecular weight is 303 g/mol. The standard InChI is InChI=1S/C21H21NO/c1-15-12-17(13-16(2)23)8-9-18(15)10-11-19-14-22(3)21-7-5-4-6-20(19)21/h4-12,14H,13H2,1-3H3/b11-10+. The van der Waals surface area contributed by atoms with Gasteiger partial charge in [0.2, 0.25) is 0 Å². The predicted octanol–water partition coefficient (Wildman–Crippen LogP) is 4.79. The molecule has 0 fully saturated rings. The van der Waals surface area contributed by atoms with Gasteiger partial charge >= 0.3 is 0 Å². The maximum Gasteiger partial charge on any atom is 0.134 e. The summed E-state index contributed by atoms with van der Waals surface area (Å²) in [6.07, 6.45) is 6.97. The van der Waals surface area contributed by atoms with Crippen LogP contribution in [0.1, 0.15) is 29.2 Å². The van der Waals surface area contributed by atoms with Gasteiger partial charge in [0.25, 0.3) is 0 Å². The van der Waals surface area contributed by atoms with Crippen molar-refractivity contribution in [1.82, 2.24) is 4.57 Å². The van der Waals surface area contributed by atoms with Crippen LogP contribution in [0.4, 0.5) is 0 Å². The third kappa shape index (κ3) is 3.26. The van der Waals surface area contributed by atoms with Gasteiger partial charge in [0.1, 0.15) is 5.78 Å². The Morgan fingerprint density at radius 1 is 1.09 bits per heavy atom. The zero-order valence-corrected chi connectivity index (χ0v) is 13.8. The molecule has 0 radical (unpaired) electrons. The second-order valence-corrected chi connectivity index (χ2v) is 6.12. The van der Waals surface area contributed by atoms with Gasteiger partial charge in [-0.1, -0.05) is 48.6 Å². The van der Waals surface area contributed by atoms with Crippen molar-refractivity contribution in [2.45, 2.75) is 20.3 Å². The van der Waals surface area contributed by atoms with Crippen LogP contribution >= 0.6 is 0 Å². The van der Waals surface area contributed by atoms with E-state index in [4.69, 9.17) is 0 Å². The normalized spacial score (nSPS) is 11.4. The van der Waals surface area contributed by atoms with Crippen LogP contribution in [0.15, 0.2) is 48.7 Å². The first kappa shape index (κ1) is 15.3. The second-order valence-electron chi connectivity index (χ2n) is 6.12. The van der Waals surface area contributed by atoms with E-state index in [9.17, 15) is 4.79 Å².